The second kappa shape index (κ2) is 5.19. The van der Waals surface area contributed by atoms with Gasteiger partial charge in [0.1, 0.15) is 0 Å². The standard InChI is InChI=1S/C20H14S/c1-2-6-17-13-15(9-11-16(17)5-1)10-12-18-14-21-20-8-4-3-7-19(18)20/h1-14H. The lowest BCUT2D eigenvalue weighted by Gasteiger charge is -1.99. The lowest BCUT2D eigenvalue weighted by Crippen LogP contribution is -1.75. The molecule has 0 saturated heterocycles. The van der Waals surface area contributed by atoms with Gasteiger partial charge in [0.25, 0.3) is 0 Å². The largest absolute Gasteiger partial charge is 0.143 e. The third-order valence-electron chi connectivity index (χ3n) is 3.74. The van der Waals surface area contributed by atoms with Crippen LogP contribution in [0, 0.1) is 0 Å². The van der Waals surface area contributed by atoms with Crippen LogP contribution in [-0.4, -0.2) is 0 Å². The molecule has 0 saturated carbocycles. The molecule has 0 unspecified atom stereocenters. The molecule has 0 aliphatic rings. The summed E-state index contributed by atoms with van der Waals surface area (Å²) in [6, 6.07) is 23.6. The molecule has 4 rings (SSSR count). The van der Waals surface area contributed by atoms with Gasteiger partial charge < -0.3 is 0 Å². The normalized spacial score (nSPS) is 11.6. The Labute approximate surface area is 128 Å². The monoisotopic (exact) mass is 286 g/mol. The first-order valence-electron chi connectivity index (χ1n) is 7.03. The lowest BCUT2D eigenvalue weighted by molar-refractivity contribution is 1.71. The van der Waals surface area contributed by atoms with E-state index in [9.17, 15) is 0 Å². The Morgan fingerprint density at radius 1 is 0.714 bits per heavy atom. The van der Waals surface area contributed by atoms with E-state index in [0.717, 1.165) is 0 Å². The first-order valence-corrected chi connectivity index (χ1v) is 7.91. The summed E-state index contributed by atoms with van der Waals surface area (Å²) in [4.78, 5) is 0. The third-order valence-corrected chi connectivity index (χ3v) is 4.72. The van der Waals surface area contributed by atoms with Gasteiger partial charge in [-0.1, -0.05) is 66.7 Å². The molecule has 21 heavy (non-hydrogen) atoms. The van der Waals surface area contributed by atoms with E-state index in [-0.39, 0.29) is 0 Å². The van der Waals surface area contributed by atoms with Crippen LogP contribution in [0.4, 0.5) is 0 Å². The maximum absolute atomic E-state index is 2.24. The first-order chi connectivity index (χ1) is 10.4. The van der Waals surface area contributed by atoms with Gasteiger partial charge in [0.2, 0.25) is 0 Å². The van der Waals surface area contributed by atoms with Gasteiger partial charge in [-0.3, -0.25) is 0 Å². The summed E-state index contributed by atoms with van der Waals surface area (Å²) < 4.78 is 1.34. The van der Waals surface area contributed by atoms with Crippen LogP contribution in [0.15, 0.2) is 72.1 Å². The van der Waals surface area contributed by atoms with Crippen LogP contribution in [-0.2, 0) is 0 Å². The second-order valence-electron chi connectivity index (χ2n) is 5.13. The first kappa shape index (κ1) is 12.4. The fraction of sp³-hybridized carbons (Fsp3) is 0. The predicted octanol–water partition coefficient (Wildman–Crippen LogP) is 6.22. The average molecular weight is 286 g/mol. The summed E-state index contributed by atoms with van der Waals surface area (Å²) in [6.45, 7) is 0. The van der Waals surface area contributed by atoms with Crippen molar-refractivity contribution in [3.8, 4) is 0 Å². The minimum absolute atomic E-state index is 1.24. The van der Waals surface area contributed by atoms with E-state index in [1.54, 1.807) is 11.3 Å². The van der Waals surface area contributed by atoms with E-state index < -0.39 is 0 Å². The van der Waals surface area contributed by atoms with Crippen LogP contribution in [0.1, 0.15) is 11.1 Å². The zero-order chi connectivity index (χ0) is 14.1. The minimum atomic E-state index is 1.24. The zero-order valence-corrected chi connectivity index (χ0v) is 12.3. The smallest absolute Gasteiger partial charge is 0.0348 e. The van der Waals surface area contributed by atoms with Crippen LogP contribution in [0.2, 0.25) is 0 Å². The Morgan fingerprint density at radius 2 is 1.52 bits per heavy atom. The molecule has 0 aliphatic carbocycles. The maximum Gasteiger partial charge on any atom is 0.0348 e. The highest BCUT2D eigenvalue weighted by Gasteiger charge is 1.99. The van der Waals surface area contributed by atoms with Gasteiger partial charge in [-0.05, 0) is 44.8 Å². The molecule has 4 aromatic rings. The quantitative estimate of drug-likeness (QED) is 0.410. The van der Waals surface area contributed by atoms with E-state index in [1.807, 2.05) is 0 Å². The summed E-state index contributed by atoms with van der Waals surface area (Å²) in [7, 11) is 0. The van der Waals surface area contributed by atoms with Crippen molar-refractivity contribution in [2.24, 2.45) is 0 Å². The Hall–Kier alpha value is -2.38. The summed E-state index contributed by atoms with van der Waals surface area (Å²) in [5.41, 5.74) is 2.53. The molecule has 0 nitrogen and oxygen atoms in total. The highest BCUT2D eigenvalue weighted by molar-refractivity contribution is 7.17. The minimum Gasteiger partial charge on any atom is -0.143 e. The fourth-order valence-corrected chi connectivity index (χ4v) is 3.55. The molecule has 0 bridgehead atoms. The third kappa shape index (κ3) is 2.37. The van der Waals surface area contributed by atoms with Crippen molar-refractivity contribution in [3.05, 3.63) is 83.2 Å². The molecule has 1 aromatic heterocycles. The van der Waals surface area contributed by atoms with Crippen LogP contribution in [0.5, 0.6) is 0 Å². The van der Waals surface area contributed by atoms with Gasteiger partial charge in [0.05, 0.1) is 0 Å². The molecule has 0 spiro atoms. The van der Waals surface area contributed by atoms with E-state index in [2.05, 4.69) is 84.3 Å². The van der Waals surface area contributed by atoms with Gasteiger partial charge in [-0.25, -0.2) is 0 Å². The molecule has 0 aliphatic heterocycles. The van der Waals surface area contributed by atoms with Crippen molar-refractivity contribution in [1.29, 1.82) is 0 Å². The maximum atomic E-state index is 2.24. The van der Waals surface area contributed by atoms with E-state index in [1.165, 1.54) is 32.0 Å². The number of thiophene rings is 1. The molecule has 0 N–H and O–H groups in total. The topological polar surface area (TPSA) is 0 Å². The highest BCUT2D eigenvalue weighted by atomic mass is 32.1. The lowest BCUT2D eigenvalue weighted by atomic mass is 10.1. The molecule has 0 amide bonds. The molecule has 3 aromatic carbocycles. The van der Waals surface area contributed by atoms with E-state index in [0.29, 0.717) is 0 Å². The van der Waals surface area contributed by atoms with Crippen LogP contribution < -0.4 is 0 Å². The van der Waals surface area contributed by atoms with Crippen LogP contribution in [0.3, 0.4) is 0 Å². The van der Waals surface area contributed by atoms with Crippen molar-refractivity contribution in [3.63, 3.8) is 0 Å². The number of hydrogen-bond acceptors (Lipinski definition) is 1. The van der Waals surface area contributed by atoms with Crippen LogP contribution >= 0.6 is 11.3 Å². The van der Waals surface area contributed by atoms with E-state index in [4.69, 9.17) is 0 Å². The summed E-state index contributed by atoms with van der Waals surface area (Å²) in [5, 5.41) is 6.13. The van der Waals surface area contributed by atoms with Crippen molar-refractivity contribution >= 4 is 44.3 Å². The van der Waals surface area contributed by atoms with Gasteiger partial charge in [-0.2, -0.15) is 0 Å². The fourth-order valence-electron chi connectivity index (χ4n) is 2.62. The Morgan fingerprint density at radius 3 is 2.48 bits per heavy atom. The second-order valence-corrected chi connectivity index (χ2v) is 6.04. The van der Waals surface area contributed by atoms with Gasteiger partial charge in [0, 0.05) is 4.70 Å². The summed E-state index contributed by atoms with van der Waals surface area (Å²) in [6.07, 6.45) is 4.41. The zero-order valence-electron chi connectivity index (χ0n) is 11.5. The molecule has 0 atom stereocenters. The molecular weight excluding hydrogens is 272 g/mol. The van der Waals surface area contributed by atoms with Gasteiger partial charge >= 0.3 is 0 Å². The Balaban J connectivity index is 1.73. The summed E-state index contributed by atoms with van der Waals surface area (Å²) >= 11 is 1.80. The number of benzene rings is 3. The van der Waals surface area contributed by atoms with Gasteiger partial charge in [-0.15, -0.1) is 11.3 Å². The summed E-state index contributed by atoms with van der Waals surface area (Å²) in [5.74, 6) is 0. The average Bonchev–Trinajstić information content (AvgIpc) is 2.96. The number of fused-ring (bicyclic) bond motifs is 2. The SMILES string of the molecule is C(=Cc1csc2ccccc12)c1ccc2ccccc2c1. The molecule has 100 valence electrons. The molecule has 0 radical (unpaired) electrons. The van der Waals surface area contributed by atoms with Crippen molar-refractivity contribution in [2.45, 2.75) is 0 Å². The van der Waals surface area contributed by atoms with Crippen LogP contribution in [0.25, 0.3) is 33.0 Å². The van der Waals surface area contributed by atoms with Gasteiger partial charge in [0.15, 0.2) is 0 Å². The van der Waals surface area contributed by atoms with E-state index >= 15 is 0 Å². The number of rotatable bonds is 2. The molecular formula is C20H14S. The van der Waals surface area contributed by atoms with Crippen molar-refractivity contribution in [2.75, 3.05) is 0 Å². The van der Waals surface area contributed by atoms with Crippen molar-refractivity contribution < 1.29 is 0 Å². The Kier molecular flexibility index (Phi) is 3.06. The molecule has 1 heterocycles. The highest BCUT2D eigenvalue weighted by Crippen LogP contribution is 2.27. The molecule has 1 heteroatoms. The number of hydrogen-bond donors (Lipinski definition) is 0. The Bertz CT molecular complexity index is 944. The molecule has 0 fully saturated rings. The van der Waals surface area contributed by atoms with Crippen molar-refractivity contribution in [1.82, 2.24) is 0 Å². The predicted molar refractivity (Wildman–Crippen MR) is 94.7 cm³/mol.